The third kappa shape index (κ3) is 2.79. The van der Waals surface area contributed by atoms with Gasteiger partial charge in [-0.15, -0.1) is 5.10 Å². The average molecular weight is 296 g/mol. The lowest BCUT2D eigenvalue weighted by Crippen LogP contribution is -2.08. The van der Waals surface area contributed by atoms with Gasteiger partial charge in [0.1, 0.15) is 11.8 Å². The molecule has 0 spiro atoms. The van der Waals surface area contributed by atoms with E-state index in [1.54, 1.807) is 17.1 Å². The van der Waals surface area contributed by atoms with Gasteiger partial charge in [-0.25, -0.2) is 4.68 Å². The first-order chi connectivity index (χ1) is 10.6. The molecule has 0 amide bonds. The molecule has 112 valence electrons. The topological polar surface area (TPSA) is 80.0 Å². The van der Waals surface area contributed by atoms with Crippen LogP contribution in [0.15, 0.2) is 49.1 Å². The zero-order chi connectivity index (χ0) is 15.5. The first kappa shape index (κ1) is 14.2. The van der Waals surface area contributed by atoms with Gasteiger partial charge in [-0.05, 0) is 24.3 Å². The van der Waals surface area contributed by atoms with E-state index in [9.17, 15) is 5.11 Å². The molecule has 0 saturated heterocycles. The molecule has 2 aromatic heterocycles. The number of nitrogens with zero attached hydrogens (tertiary/aromatic N) is 6. The molecule has 0 aliphatic carbocycles. The van der Waals surface area contributed by atoms with Crippen molar-refractivity contribution in [1.82, 2.24) is 25.0 Å². The van der Waals surface area contributed by atoms with Crippen LogP contribution in [0.25, 0.3) is 5.69 Å². The number of aromatic nitrogens is 5. The highest BCUT2D eigenvalue weighted by Crippen LogP contribution is 2.19. The molecule has 7 nitrogen and oxygen atoms in total. The van der Waals surface area contributed by atoms with Gasteiger partial charge >= 0.3 is 0 Å². The SMILES string of the molecule is CN(C)c1ccc(-n2cc(C(O)c3cnccn3)nn2)cc1. The molecule has 0 aliphatic heterocycles. The van der Waals surface area contributed by atoms with E-state index in [1.165, 1.54) is 12.4 Å². The van der Waals surface area contributed by atoms with Crippen molar-refractivity contribution in [3.8, 4) is 5.69 Å². The number of hydrogen-bond acceptors (Lipinski definition) is 6. The molecule has 22 heavy (non-hydrogen) atoms. The molecule has 1 atom stereocenters. The van der Waals surface area contributed by atoms with Crippen LogP contribution in [-0.2, 0) is 0 Å². The Balaban J connectivity index is 1.84. The molecule has 7 heteroatoms. The van der Waals surface area contributed by atoms with E-state index in [2.05, 4.69) is 20.3 Å². The Labute approximate surface area is 127 Å². The van der Waals surface area contributed by atoms with Gasteiger partial charge in [-0.2, -0.15) is 0 Å². The quantitative estimate of drug-likeness (QED) is 0.779. The predicted octanol–water partition coefficient (Wildman–Crippen LogP) is 1.20. The Bertz CT molecular complexity index is 738. The second-order valence-corrected chi connectivity index (χ2v) is 5.03. The highest BCUT2D eigenvalue weighted by molar-refractivity contribution is 5.49. The van der Waals surface area contributed by atoms with Gasteiger partial charge in [-0.3, -0.25) is 9.97 Å². The maximum Gasteiger partial charge on any atom is 0.143 e. The highest BCUT2D eigenvalue weighted by atomic mass is 16.3. The lowest BCUT2D eigenvalue weighted by Gasteiger charge is -2.12. The van der Waals surface area contributed by atoms with Crippen molar-refractivity contribution in [3.05, 3.63) is 60.4 Å². The molecule has 1 aromatic carbocycles. The largest absolute Gasteiger partial charge is 0.380 e. The average Bonchev–Trinajstić information content (AvgIpc) is 3.05. The van der Waals surface area contributed by atoms with Crippen molar-refractivity contribution >= 4 is 5.69 Å². The van der Waals surface area contributed by atoms with Crippen molar-refractivity contribution < 1.29 is 5.11 Å². The Morgan fingerprint density at radius 2 is 1.86 bits per heavy atom. The number of benzene rings is 1. The van der Waals surface area contributed by atoms with E-state index in [1.807, 2.05) is 43.3 Å². The summed E-state index contributed by atoms with van der Waals surface area (Å²) in [6.45, 7) is 0. The summed E-state index contributed by atoms with van der Waals surface area (Å²) in [5.41, 5.74) is 2.84. The zero-order valence-electron chi connectivity index (χ0n) is 12.3. The molecule has 0 saturated carbocycles. The second kappa shape index (κ2) is 5.90. The van der Waals surface area contributed by atoms with Gasteiger partial charge < -0.3 is 10.0 Å². The van der Waals surface area contributed by atoms with E-state index >= 15 is 0 Å². The van der Waals surface area contributed by atoms with Crippen molar-refractivity contribution in [1.29, 1.82) is 0 Å². The molecule has 1 N–H and O–H groups in total. The maximum atomic E-state index is 10.2. The maximum absolute atomic E-state index is 10.2. The third-order valence-corrected chi connectivity index (χ3v) is 3.29. The van der Waals surface area contributed by atoms with Crippen LogP contribution in [0, 0.1) is 0 Å². The Morgan fingerprint density at radius 3 is 2.50 bits per heavy atom. The van der Waals surface area contributed by atoms with E-state index in [-0.39, 0.29) is 0 Å². The number of rotatable bonds is 4. The molecule has 0 aliphatic rings. The predicted molar refractivity (Wildman–Crippen MR) is 81.8 cm³/mol. The Kier molecular flexibility index (Phi) is 3.80. The summed E-state index contributed by atoms with van der Waals surface area (Å²) in [6.07, 6.45) is 5.34. The van der Waals surface area contributed by atoms with Crippen molar-refractivity contribution in [2.45, 2.75) is 6.10 Å². The van der Waals surface area contributed by atoms with E-state index in [4.69, 9.17) is 0 Å². The molecule has 0 bridgehead atoms. The van der Waals surface area contributed by atoms with E-state index in [0.717, 1.165) is 11.4 Å². The molecule has 2 heterocycles. The first-order valence-electron chi connectivity index (χ1n) is 6.79. The van der Waals surface area contributed by atoms with E-state index in [0.29, 0.717) is 11.4 Å². The van der Waals surface area contributed by atoms with E-state index < -0.39 is 6.10 Å². The summed E-state index contributed by atoms with van der Waals surface area (Å²) >= 11 is 0. The summed E-state index contributed by atoms with van der Waals surface area (Å²) in [7, 11) is 3.97. The fourth-order valence-electron chi connectivity index (χ4n) is 2.04. The number of anilines is 1. The monoisotopic (exact) mass is 296 g/mol. The fraction of sp³-hybridized carbons (Fsp3) is 0.200. The third-order valence-electron chi connectivity index (χ3n) is 3.29. The van der Waals surface area contributed by atoms with Crippen LogP contribution in [-0.4, -0.2) is 44.2 Å². The van der Waals surface area contributed by atoms with Crippen LogP contribution >= 0.6 is 0 Å². The minimum Gasteiger partial charge on any atom is -0.380 e. The molecule has 3 rings (SSSR count). The molecule has 1 unspecified atom stereocenters. The number of aliphatic hydroxyl groups excluding tert-OH is 1. The standard InChI is InChI=1S/C15H16N6O/c1-20(2)11-3-5-12(6-4-11)21-10-14(18-19-21)15(22)13-9-16-7-8-17-13/h3-10,15,22H,1-2H3. The summed E-state index contributed by atoms with van der Waals surface area (Å²) in [4.78, 5) is 10.0. The molecule has 0 fully saturated rings. The molecular formula is C15H16N6O. The van der Waals surface area contributed by atoms with Crippen LogP contribution in [0.1, 0.15) is 17.5 Å². The van der Waals surface area contributed by atoms with Crippen molar-refractivity contribution in [3.63, 3.8) is 0 Å². The second-order valence-electron chi connectivity index (χ2n) is 5.03. The van der Waals surface area contributed by atoms with Crippen LogP contribution < -0.4 is 4.90 Å². The van der Waals surface area contributed by atoms with Crippen LogP contribution in [0.3, 0.4) is 0 Å². The minimum absolute atomic E-state index is 0.428. The van der Waals surface area contributed by atoms with Gasteiger partial charge in [0, 0.05) is 32.2 Å². The lowest BCUT2D eigenvalue weighted by molar-refractivity contribution is 0.209. The molecular weight excluding hydrogens is 280 g/mol. The van der Waals surface area contributed by atoms with Gasteiger partial charge in [0.05, 0.1) is 23.8 Å². The Morgan fingerprint density at radius 1 is 1.09 bits per heavy atom. The fourth-order valence-corrected chi connectivity index (χ4v) is 2.04. The van der Waals surface area contributed by atoms with Crippen molar-refractivity contribution in [2.24, 2.45) is 0 Å². The summed E-state index contributed by atoms with van der Waals surface area (Å²) in [5.74, 6) is 0. The van der Waals surface area contributed by atoms with Gasteiger partial charge in [-0.1, -0.05) is 5.21 Å². The van der Waals surface area contributed by atoms with Gasteiger partial charge in [0.15, 0.2) is 0 Å². The summed E-state index contributed by atoms with van der Waals surface area (Å²) in [5, 5.41) is 18.3. The number of aliphatic hydroxyl groups is 1. The van der Waals surface area contributed by atoms with Gasteiger partial charge in [0.2, 0.25) is 0 Å². The van der Waals surface area contributed by atoms with Crippen LogP contribution in [0.5, 0.6) is 0 Å². The molecule has 0 radical (unpaired) electrons. The minimum atomic E-state index is -0.941. The molecule has 3 aromatic rings. The highest BCUT2D eigenvalue weighted by Gasteiger charge is 2.16. The Hall–Kier alpha value is -2.80. The van der Waals surface area contributed by atoms with Gasteiger partial charge in [0.25, 0.3) is 0 Å². The zero-order valence-corrected chi connectivity index (χ0v) is 12.3. The summed E-state index contributed by atoms with van der Waals surface area (Å²) in [6, 6.07) is 7.89. The first-order valence-corrected chi connectivity index (χ1v) is 6.79. The van der Waals surface area contributed by atoms with Crippen LogP contribution in [0.4, 0.5) is 5.69 Å². The number of hydrogen-bond donors (Lipinski definition) is 1. The van der Waals surface area contributed by atoms with Crippen molar-refractivity contribution in [2.75, 3.05) is 19.0 Å². The lowest BCUT2D eigenvalue weighted by atomic mass is 10.2. The van der Waals surface area contributed by atoms with Crippen LogP contribution in [0.2, 0.25) is 0 Å². The normalized spacial score (nSPS) is 12.1. The smallest absolute Gasteiger partial charge is 0.143 e. The summed E-state index contributed by atoms with van der Waals surface area (Å²) < 4.78 is 1.62.